The van der Waals surface area contributed by atoms with Crippen LogP contribution in [0.1, 0.15) is 343 Å². The summed E-state index contributed by atoms with van der Waals surface area (Å²) < 4.78 is 7.13. The molecule has 22 aliphatic carbocycles. The summed E-state index contributed by atoms with van der Waals surface area (Å²) >= 11 is 0. The van der Waals surface area contributed by atoms with Crippen LogP contribution in [0.15, 0.2) is 43.4 Å². The molecule has 4 aromatic rings. The van der Waals surface area contributed by atoms with Gasteiger partial charge in [0.05, 0.1) is 102 Å². The normalized spacial score (nSPS) is 48.5. The summed E-state index contributed by atoms with van der Waals surface area (Å²) in [6, 6.07) is 2.45. The van der Waals surface area contributed by atoms with Gasteiger partial charge in [-0.15, -0.1) is 0 Å². The van der Waals surface area contributed by atoms with Crippen molar-refractivity contribution in [2.45, 2.75) is 385 Å². The smallest absolute Gasteiger partial charge is 0.255 e. The van der Waals surface area contributed by atoms with Crippen molar-refractivity contribution >= 4 is 28.8 Å². The Hall–Kier alpha value is -6.21. The zero-order valence-electron chi connectivity index (χ0n) is 83.7. The van der Waals surface area contributed by atoms with Gasteiger partial charge >= 0.3 is 0 Å². The van der Waals surface area contributed by atoms with Gasteiger partial charge in [0.25, 0.3) is 5.54 Å². The standard InChI is InChI=1S/2C29H39N3O2.C29H41N3O2.C28H42N2O3/c1-28(34)10-8-18-17(13-28)6-7-20-19(18)9-11-29(2)25(20)21-12-22(21)26(29)24(33)15-32-14-23(30-3)27(31-32)16-4-5-16;1-27(34)7-5-19-17(12-27)3-4-21-20(19)6-8-28(2)25(21)22-11-23(22)26(28)24(33)15-32-14-18(13-31-32)29(16-30)9-10-29;1-27(2,30-5)18-14-31-32(15-18)16-24(33)26-23-12-22(23)25-21-7-6-17-13-28(3,34)10-8-19(17)20(21)9-11-29(25,26)4;1-26(2,32)17-13-29-30(14-17)15-23(31)25-22-11-21(22)24-20-6-5-16-12-27(3,33)9-7-18(16)19(20)8-10-28(24,25)4/h14,16-22,25-26,34H,4-13,15H2,1-2H3;13-14,17,19-23,25-26,34H,3-12,15H2,1-2H3;14-15,17,19-23,25-26,34H,6-13,16H2,1-4H3;13-14,16,18-22,24-25,32-33H,5-12,15H2,1-4H3/t17-,18+,19-,20-,21-,22+,25-,26-,28-,29+;17-,19+,20-,21-,22-,23+,25-,26-,27-,28+;17-,19+,20-,21-,22-,23+,25-,26-,28-,29+;16-,18+,19-,20-,21-,22+,24-,25-,27-,28+/m1111/s1. The summed E-state index contributed by atoms with van der Waals surface area (Å²) in [5, 5.41) is 80.5. The van der Waals surface area contributed by atoms with E-state index in [2.05, 4.69) is 58.8 Å². The Morgan fingerprint density at radius 2 is 0.696 bits per heavy atom. The Kier molecular flexibility index (Phi) is 22.2. The lowest BCUT2D eigenvalue weighted by Gasteiger charge is -2.57. The second kappa shape index (κ2) is 32.4. The monoisotopic (exact) mass is 1840 g/mol. The molecule has 22 aliphatic rings. The zero-order valence-corrected chi connectivity index (χ0v) is 83.7. The highest BCUT2D eigenvalue weighted by Crippen LogP contribution is 2.80. The van der Waals surface area contributed by atoms with E-state index in [4.69, 9.17) is 18.2 Å². The van der Waals surface area contributed by atoms with Crippen molar-refractivity contribution in [3.8, 4) is 6.07 Å². The number of carbonyl (C=O) groups excluding carboxylic acids is 4. The van der Waals surface area contributed by atoms with Gasteiger partial charge in [-0.2, -0.15) is 25.7 Å². The lowest BCUT2D eigenvalue weighted by atomic mass is 9.48. The maximum absolute atomic E-state index is 13.8. The number of Topliss-reactive ketones (excluding diaryl/α,β-unsaturated/α-hetero) is 4. The van der Waals surface area contributed by atoms with E-state index in [0.29, 0.717) is 126 Å². The van der Waals surface area contributed by atoms with Gasteiger partial charge in [-0.3, -0.25) is 37.9 Å². The molecule has 135 heavy (non-hydrogen) atoms. The van der Waals surface area contributed by atoms with Crippen LogP contribution in [0, 0.1) is 236 Å². The van der Waals surface area contributed by atoms with Crippen molar-refractivity contribution in [2.75, 3.05) is 0 Å². The molecule has 0 aromatic carbocycles. The number of nitrogens with zero attached hydrogens (tertiary/aromatic N) is 11. The summed E-state index contributed by atoms with van der Waals surface area (Å²) in [6.45, 7) is 41.7. The second-order valence-electron chi connectivity index (χ2n) is 54.8. The number of fused-ring (bicyclic) bond motifs is 28. The molecule has 22 saturated carbocycles. The van der Waals surface area contributed by atoms with Crippen LogP contribution in [0.3, 0.4) is 0 Å². The maximum Gasteiger partial charge on any atom is 0.255 e. The molecule has 0 saturated heterocycles. The van der Waals surface area contributed by atoms with Crippen LogP contribution in [0.2, 0.25) is 0 Å². The van der Waals surface area contributed by atoms with Crippen LogP contribution in [0.25, 0.3) is 9.69 Å². The second-order valence-corrected chi connectivity index (χ2v) is 54.8. The van der Waals surface area contributed by atoms with Gasteiger partial charge in [-0.05, 0) is 466 Å². The van der Waals surface area contributed by atoms with Crippen LogP contribution >= 0.6 is 0 Å². The fourth-order valence-corrected chi connectivity index (χ4v) is 39.8. The molecule has 20 nitrogen and oxygen atoms in total. The van der Waals surface area contributed by atoms with Crippen LogP contribution < -0.4 is 0 Å². The quantitative estimate of drug-likeness (QED) is 0.0653. The molecular weight excluding hydrogens is 1680 g/mol. The highest BCUT2D eigenvalue weighted by Gasteiger charge is 2.76. The Morgan fingerprint density at radius 3 is 1.00 bits per heavy atom. The lowest BCUT2D eigenvalue weighted by Crippen LogP contribution is -2.52. The molecule has 0 radical (unpaired) electrons. The van der Waals surface area contributed by atoms with Crippen molar-refractivity contribution in [3.05, 3.63) is 88.6 Å². The van der Waals surface area contributed by atoms with Crippen molar-refractivity contribution in [1.29, 1.82) is 5.26 Å². The first-order valence-electron chi connectivity index (χ1n) is 55.1. The molecule has 5 N–H and O–H groups in total. The number of aliphatic hydroxyl groups is 5. The predicted octanol–water partition coefficient (Wildman–Crippen LogP) is 20.7. The minimum atomic E-state index is -0.933. The number of nitriles is 1. The van der Waals surface area contributed by atoms with Crippen LogP contribution in [-0.4, -0.2) is 110 Å². The van der Waals surface area contributed by atoms with E-state index in [1.54, 1.807) is 40.3 Å². The summed E-state index contributed by atoms with van der Waals surface area (Å²) in [5.74, 6) is 23.3. The van der Waals surface area contributed by atoms with Gasteiger partial charge in [-0.25, -0.2) is 11.4 Å². The molecule has 40 atom stereocenters. The van der Waals surface area contributed by atoms with E-state index >= 15 is 0 Å². The number of ketones is 4. The summed E-state index contributed by atoms with van der Waals surface area (Å²) in [6.07, 6.45) is 54.7. The summed E-state index contributed by atoms with van der Waals surface area (Å²) in [7, 11) is 0. The third-order valence-corrected chi connectivity index (χ3v) is 45.7. The number of rotatable bonds is 16. The van der Waals surface area contributed by atoms with E-state index in [1.807, 2.05) is 77.2 Å². The summed E-state index contributed by atoms with van der Waals surface area (Å²) in [5.41, 5.74) is 1.11. The molecule has 0 unspecified atom stereocenters. The number of hydrogen-bond acceptors (Lipinski definition) is 14. The van der Waals surface area contributed by atoms with Gasteiger partial charge in [0.2, 0.25) is 5.69 Å². The molecule has 0 amide bonds. The largest absolute Gasteiger partial charge is 0.390 e. The SMILES string of the molecule is CC(C)(O)c1cnn(CC(=O)[C@H]2[C@H]3C[C@H]3[C@H]3[C@@H]4CC[C@@H]5C[C@](C)(O)CC[C@@H]5[C@H]4CC[C@@]32C)c1.C[C@@]1(O)CC[C@H]2[C@H](CC[C@@H]3[C@@H]2CC[C@@]2(C)[C@H]3[C@@H]3C[C@@H]3[C@@H]2C(=O)Cn2cc(C3(C#N)CC3)cn2)C1.[C-]#[N+]C(C)(C)c1cnn(CC(=O)[C@H]2[C@H]3C[C@H]3[C@H]3[C@@H]4CC[C@@H]5C[C@](C)(O)CC[C@@H]5[C@H]4CC[C@@]32C)c1.[C-]#[N+]c1cn(CC(=O)[C@H]2[C@H]3C[C@H]3[C@H]3[C@@H]4CC[C@@H]5C[C@](C)(O)CC[C@@H]5[C@H]4CC[C@@]32C)nc1C1CC1. The molecule has 4 heterocycles. The van der Waals surface area contributed by atoms with Crippen molar-refractivity contribution in [2.24, 2.45) is 211 Å². The number of aromatic nitrogens is 8. The Morgan fingerprint density at radius 1 is 0.385 bits per heavy atom. The molecule has 730 valence electrons. The van der Waals surface area contributed by atoms with Crippen molar-refractivity contribution in [1.82, 2.24) is 39.1 Å². The van der Waals surface area contributed by atoms with Gasteiger partial charge in [-0.1, -0.05) is 27.7 Å². The van der Waals surface area contributed by atoms with Crippen LogP contribution in [0.4, 0.5) is 5.69 Å². The molecule has 20 heteroatoms. The fraction of sp³-hybridized carbons (Fsp3) is 0.835. The van der Waals surface area contributed by atoms with Crippen LogP contribution in [0.5, 0.6) is 0 Å². The Balaban J connectivity index is 0.000000101. The zero-order chi connectivity index (χ0) is 94.2. The highest BCUT2D eigenvalue weighted by atomic mass is 16.3. The lowest BCUT2D eigenvalue weighted by molar-refractivity contribution is -0.137. The third kappa shape index (κ3) is 15.7. The topological polar surface area (TPSA) is 273 Å². The molecular formula is C115H161N11O9. The first kappa shape index (κ1) is 92.5. The minimum absolute atomic E-state index is 0.143. The maximum atomic E-state index is 13.8. The Bertz CT molecular complexity index is 5260. The number of hydrogen-bond donors (Lipinski definition) is 5. The van der Waals surface area contributed by atoms with Crippen molar-refractivity contribution < 1.29 is 44.7 Å². The van der Waals surface area contributed by atoms with Crippen molar-refractivity contribution in [3.63, 3.8) is 0 Å². The van der Waals surface area contributed by atoms with Gasteiger partial charge in [0.15, 0.2) is 23.1 Å². The molecule has 26 rings (SSSR count). The van der Waals surface area contributed by atoms with Gasteiger partial charge in [0, 0.05) is 73.4 Å². The third-order valence-electron chi connectivity index (χ3n) is 45.7. The van der Waals surface area contributed by atoms with E-state index in [0.717, 1.165) is 200 Å². The molecule has 4 aromatic heterocycles. The fourth-order valence-electron chi connectivity index (χ4n) is 39.8. The van der Waals surface area contributed by atoms with E-state index in [-0.39, 0.29) is 50.7 Å². The summed E-state index contributed by atoms with van der Waals surface area (Å²) in [4.78, 5) is 62.4. The molecule has 0 aliphatic heterocycles. The molecule has 0 bridgehead atoms. The first-order valence-corrected chi connectivity index (χ1v) is 55.1. The minimum Gasteiger partial charge on any atom is -0.390 e. The first-order chi connectivity index (χ1) is 64.0. The van der Waals surface area contributed by atoms with E-state index < -0.39 is 33.5 Å². The Labute approximate surface area is 804 Å². The van der Waals surface area contributed by atoms with E-state index in [1.165, 1.54) is 154 Å². The predicted molar refractivity (Wildman–Crippen MR) is 513 cm³/mol. The van der Waals surface area contributed by atoms with Crippen LogP contribution in [-0.2, 0) is 61.9 Å². The highest BCUT2D eigenvalue weighted by molar-refractivity contribution is 5.85. The molecule has 0 spiro atoms. The number of carbonyl (C=O) groups is 4. The van der Waals surface area contributed by atoms with Gasteiger partial charge in [0.1, 0.15) is 0 Å². The average molecular weight is 1840 g/mol. The average Bonchev–Trinajstić information content (AvgIpc) is 1.53. The van der Waals surface area contributed by atoms with E-state index in [9.17, 15) is 50.0 Å². The van der Waals surface area contributed by atoms with Gasteiger partial charge < -0.3 is 30.4 Å². The molecule has 22 fully saturated rings.